The van der Waals surface area contributed by atoms with Crippen molar-refractivity contribution in [1.29, 1.82) is 0 Å². The second kappa shape index (κ2) is 8.81. The van der Waals surface area contributed by atoms with Gasteiger partial charge < -0.3 is 15.3 Å². The highest BCUT2D eigenvalue weighted by Crippen LogP contribution is 2.22. The summed E-state index contributed by atoms with van der Waals surface area (Å²) >= 11 is 0. The van der Waals surface area contributed by atoms with Crippen LogP contribution in [0, 0.1) is 0 Å². The van der Waals surface area contributed by atoms with Gasteiger partial charge in [0.25, 0.3) is 11.8 Å². The molecule has 1 fully saturated rings. The van der Waals surface area contributed by atoms with Crippen LogP contribution in [0.25, 0.3) is 0 Å². The van der Waals surface area contributed by atoms with Crippen LogP contribution in [0.5, 0.6) is 0 Å². The monoisotopic (exact) mass is 396 g/mol. The maximum Gasteiger partial charge on any atom is 0.326 e. The summed E-state index contributed by atoms with van der Waals surface area (Å²) in [5.41, 5.74) is 1.80. The fourth-order valence-electron chi connectivity index (χ4n) is 3.50. The zero-order valence-corrected chi connectivity index (χ0v) is 16.5. The SMILES string of the molecule is CC(C)c1ncncc1C(=O)Nc1cccc(C(=O)N2CCCCC2C(=O)O)c1. The van der Waals surface area contributed by atoms with Crippen LogP contribution in [-0.4, -0.2) is 50.3 Å². The van der Waals surface area contributed by atoms with Crippen molar-refractivity contribution in [3.63, 3.8) is 0 Å². The lowest BCUT2D eigenvalue weighted by atomic mass is 10.0. The van der Waals surface area contributed by atoms with Gasteiger partial charge in [-0.3, -0.25) is 9.59 Å². The van der Waals surface area contributed by atoms with Crippen LogP contribution in [-0.2, 0) is 4.79 Å². The molecule has 0 spiro atoms. The number of carbonyl (C=O) groups is 3. The average molecular weight is 396 g/mol. The summed E-state index contributed by atoms with van der Waals surface area (Å²) in [5.74, 6) is -1.65. The Balaban J connectivity index is 1.80. The molecule has 2 aromatic rings. The van der Waals surface area contributed by atoms with Gasteiger partial charge in [-0.2, -0.15) is 0 Å². The summed E-state index contributed by atoms with van der Waals surface area (Å²) in [5, 5.41) is 12.2. The number of amides is 2. The number of carboxylic acid groups (broad SMARTS) is 1. The van der Waals surface area contributed by atoms with Gasteiger partial charge in [0.1, 0.15) is 12.4 Å². The molecule has 0 bridgehead atoms. The third-order valence-corrected chi connectivity index (χ3v) is 4.95. The van der Waals surface area contributed by atoms with Gasteiger partial charge in [-0.25, -0.2) is 14.8 Å². The van der Waals surface area contributed by atoms with E-state index in [2.05, 4.69) is 15.3 Å². The quantitative estimate of drug-likeness (QED) is 0.803. The highest BCUT2D eigenvalue weighted by molar-refractivity contribution is 6.06. The van der Waals surface area contributed by atoms with E-state index in [0.29, 0.717) is 35.5 Å². The first-order chi connectivity index (χ1) is 13.9. The molecule has 2 amide bonds. The maximum absolute atomic E-state index is 12.9. The molecule has 1 aromatic carbocycles. The van der Waals surface area contributed by atoms with Crippen molar-refractivity contribution in [1.82, 2.24) is 14.9 Å². The smallest absolute Gasteiger partial charge is 0.326 e. The molecule has 0 radical (unpaired) electrons. The summed E-state index contributed by atoms with van der Waals surface area (Å²) in [6.07, 6.45) is 4.89. The molecule has 1 aliphatic heterocycles. The lowest BCUT2D eigenvalue weighted by molar-refractivity contribution is -0.143. The Labute approximate surface area is 169 Å². The second-order valence-electron chi connectivity index (χ2n) is 7.36. The third-order valence-electron chi connectivity index (χ3n) is 4.95. The van der Waals surface area contributed by atoms with Gasteiger partial charge >= 0.3 is 5.97 Å². The van der Waals surface area contributed by atoms with Crippen molar-refractivity contribution in [2.45, 2.75) is 45.1 Å². The Kier molecular flexibility index (Phi) is 6.21. The summed E-state index contributed by atoms with van der Waals surface area (Å²) in [6.45, 7) is 4.29. The van der Waals surface area contributed by atoms with Gasteiger partial charge in [-0.1, -0.05) is 19.9 Å². The second-order valence-corrected chi connectivity index (χ2v) is 7.36. The van der Waals surface area contributed by atoms with Gasteiger partial charge in [0.05, 0.1) is 11.3 Å². The minimum atomic E-state index is -0.993. The number of aliphatic carboxylic acids is 1. The lowest BCUT2D eigenvalue weighted by Gasteiger charge is -2.33. The van der Waals surface area contributed by atoms with Gasteiger partial charge in [0.2, 0.25) is 0 Å². The number of carboxylic acids is 1. The minimum Gasteiger partial charge on any atom is -0.480 e. The van der Waals surface area contributed by atoms with Crippen molar-refractivity contribution in [3.8, 4) is 0 Å². The Morgan fingerprint density at radius 3 is 2.76 bits per heavy atom. The first kappa shape index (κ1) is 20.4. The fourth-order valence-corrected chi connectivity index (χ4v) is 3.50. The Morgan fingerprint density at radius 2 is 2.03 bits per heavy atom. The number of aromatic nitrogens is 2. The minimum absolute atomic E-state index is 0.0544. The molecule has 1 aromatic heterocycles. The molecule has 29 heavy (non-hydrogen) atoms. The van der Waals surface area contributed by atoms with Crippen LogP contribution in [0.3, 0.4) is 0 Å². The van der Waals surface area contributed by atoms with E-state index in [1.165, 1.54) is 17.4 Å². The van der Waals surface area contributed by atoms with Crippen molar-refractivity contribution < 1.29 is 19.5 Å². The van der Waals surface area contributed by atoms with Crippen LogP contribution >= 0.6 is 0 Å². The van der Waals surface area contributed by atoms with Crippen molar-refractivity contribution in [2.75, 3.05) is 11.9 Å². The predicted molar refractivity (Wildman–Crippen MR) is 107 cm³/mol. The van der Waals surface area contributed by atoms with Gasteiger partial charge in [0.15, 0.2) is 0 Å². The highest BCUT2D eigenvalue weighted by Gasteiger charge is 2.32. The number of anilines is 1. The molecule has 1 atom stereocenters. The van der Waals surface area contributed by atoms with Crippen molar-refractivity contribution in [3.05, 3.63) is 53.6 Å². The number of hydrogen-bond acceptors (Lipinski definition) is 5. The highest BCUT2D eigenvalue weighted by atomic mass is 16.4. The van der Waals surface area contributed by atoms with E-state index in [9.17, 15) is 19.5 Å². The summed E-state index contributed by atoms with van der Waals surface area (Å²) < 4.78 is 0. The lowest BCUT2D eigenvalue weighted by Crippen LogP contribution is -2.48. The number of carbonyl (C=O) groups excluding carboxylic acids is 2. The molecular formula is C21H24N4O4. The van der Waals surface area contributed by atoms with E-state index in [1.807, 2.05) is 13.8 Å². The van der Waals surface area contributed by atoms with E-state index >= 15 is 0 Å². The zero-order valence-electron chi connectivity index (χ0n) is 16.5. The van der Waals surface area contributed by atoms with Gasteiger partial charge in [0, 0.05) is 24.0 Å². The summed E-state index contributed by atoms with van der Waals surface area (Å²) in [7, 11) is 0. The molecule has 8 heteroatoms. The molecule has 152 valence electrons. The van der Waals surface area contributed by atoms with Crippen LogP contribution < -0.4 is 5.32 Å². The predicted octanol–water partition coefficient (Wildman–Crippen LogP) is 2.93. The van der Waals surface area contributed by atoms with Crippen molar-refractivity contribution in [2.24, 2.45) is 0 Å². The summed E-state index contributed by atoms with van der Waals surface area (Å²) in [6, 6.07) is 5.71. The van der Waals surface area contributed by atoms with E-state index in [4.69, 9.17) is 0 Å². The average Bonchev–Trinajstić information content (AvgIpc) is 2.73. The Bertz CT molecular complexity index is 928. The molecule has 2 N–H and O–H groups in total. The molecular weight excluding hydrogens is 372 g/mol. The third kappa shape index (κ3) is 4.59. The normalized spacial score (nSPS) is 16.5. The fraction of sp³-hybridized carbons (Fsp3) is 0.381. The number of benzene rings is 1. The summed E-state index contributed by atoms with van der Waals surface area (Å²) in [4.78, 5) is 46.6. The van der Waals surface area contributed by atoms with Crippen LogP contribution in [0.2, 0.25) is 0 Å². The van der Waals surface area contributed by atoms with Crippen LogP contribution in [0.1, 0.15) is 65.4 Å². The first-order valence-electron chi connectivity index (χ1n) is 9.63. The molecule has 2 heterocycles. The number of hydrogen-bond donors (Lipinski definition) is 2. The molecule has 1 saturated heterocycles. The van der Waals surface area contributed by atoms with Crippen LogP contribution in [0.4, 0.5) is 5.69 Å². The van der Waals surface area contributed by atoms with E-state index in [0.717, 1.165) is 12.8 Å². The van der Waals surface area contributed by atoms with Crippen LogP contribution in [0.15, 0.2) is 36.8 Å². The topological polar surface area (TPSA) is 112 Å². The number of rotatable bonds is 5. The van der Waals surface area contributed by atoms with E-state index < -0.39 is 12.0 Å². The molecule has 0 saturated carbocycles. The largest absolute Gasteiger partial charge is 0.480 e. The molecule has 3 rings (SSSR count). The Morgan fingerprint density at radius 1 is 1.24 bits per heavy atom. The number of piperidine rings is 1. The number of nitrogens with zero attached hydrogens (tertiary/aromatic N) is 3. The molecule has 8 nitrogen and oxygen atoms in total. The Hall–Kier alpha value is -3.29. The molecule has 1 unspecified atom stereocenters. The van der Waals surface area contributed by atoms with Gasteiger partial charge in [-0.15, -0.1) is 0 Å². The first-order valence-corrected chi connectivity index (χ1v) is 9.63. The standard InChI is InChI=1S/C21H24N4O4/c1-13(2)18-16(11-22-12-23-18)19(26)24-15-7-5-6-14(10-15)20(27)25-9-4-3-8-17(25)21(28)29/h5-7,10-13,17H,3-4,8-9H2,1-2H3,(H,24,26)(H,28,29). The number of likely N-dealkylation sites (tertiary alicyclic amines) is 1. The van der Waals surface area contributed by atoms with Crippen molar-refractivity contribution >= 4 is 23.5 Å². The zero-order chi connectivity index (χ0) is 21.0. The van der Waals surface area contributed by atoms with E-state index in [-0.39, 0.29) is 17.7 Å². The molecule has 0 aliphatic carbocycles. The molecule has 1 aliphatic rings. The van der Waals surface area contributed by atoms with E-state index in [1.54, 1.807) is 24.3 Å². The maximum atomic E-state index is 12.9. The van der Waals surface area contributed by atoms with Gasteiger partial charge in [-0.05, 0) is 43.4 Å². The number of nitrogens with one attached hydrogen (secondary N) is 1.